The quantitative estimate of drug-likeness (QED) is 0.866. The van der Waals surface area contributed by atoms with E-state index in [0.29, 0.717) is 0 Å². The summed E-state index contributed by atoms with van der Waals surface area (Å²) >= 11 is 3.34. The van der Waals surface area contributed by atoms with Gasteiger partial charge in [-0.05, 0) is 31.0 Å². The second-order valence-corrected chi connectivity index (χ2v) is 5.37. The van der Waals surface area contributed by atoms with E-state index in [0.717, 1.165) is 17.8 Å². The van der Waals surface area contributed by atoms with Crippen LogP contribution in [0.3, 0.4) is 0 Å². The van der Waals surface area contributed by atoms with Gasteiger partial charge in [0.1, 0.15) is 0 Å². The lowest BCUT2D eigenvalue weighted by atomic mass is 10.1. The zero-order valence-corrected chi connectivity index (χ0v) is 12.3. The molecule has 0 spiro atoms. The van der Waals surface area contributed by atoms with Crippen molar-refractivity contribution in [3.8, 4) is 0 Å². The first-order valence-corrected chi connectivity index (χ1v) is 6.60. The van der Waals surface area contributed by atoms with E-state index in [1.54, 1.807) is 0 Å². The second kappa shape index (κ2) is 6.05. The Hall–Kier alpha value is -1.03. The molecule has 1 aromatic carbocycles. The predicted molar refractivity (Wildman–Crippen MR) is 77.1 cm³/mol. The third-order valence-corrected chi connectivity index (χ3v) is 3.66. The van der Waals surface area contributed by atoms with E-state index in [-0.39, 0.29) is 10.7 Å². The lowest BCUT2D eigenvalue weighted by molar-refractivity contribution is -0.115. The van der Waals surface area contributed by atoms with E-state index in [1.165, 1.54) is 5.56 Å². The van der Waals surface area contributed by atoms with Crippen LogP contribution >= 0.6 is 15.9 Å². The summed E-state index contributed by atoms with van der Waals surface area (Å²) in [6.45, 7) is 4.03. The smallest absolute Gasteiger partial charge is 0.238 e. The molecule has 0 aliphatic carbocycles. The molecular weight excluding hydrogens is 280 g/mol. The van der Waals surface area contributed by atoms with Crippen molar-refractivity contribution in [2.45, 2.75) is 25.1 Å². The van der Waals surface area contributed by atoms with Crippen LogP contribution in [0.4, 0.5) is 11.4 Å². The van der Waals surface area contributed by atoms with E-state index in [2.05, 4.69) is 28.2 Å². The molecule has 1 rings (SSSR count). The number of nitrogens with zero attached hydrogens (tertiary/aromatic N) is 1. The molecule has 17 heavy (non-hydrogen) atoms. The first kappa shape index (κ1) is 14.0. The Morgan fingerprint density at radius 1 is 1.47 bits per heavy atom. The Balaban J connectivity index is 2.86. The van der Waals surface area contributed by atoms with Crippen molar-refractivity contribution < 1.29 is 4.79 Å². The maximum Gasteiger partial charge on any atom is 0.238 e. The molecule has 0 aliphatic rings. The number of carbonyl (C=O) groups excluding carboxylic acids is 1. The van der Waals surface area contributed by atoms with Crippen molar-refractivity contribution in [1.82, 2.24) is 0 Å². The molecule has 0 aliphatic heterocycles. The van der Waals surface area contributed by atoms with Gasteiger partial charge < -0.3 is 10.2 Å². The van der Waals surface area contributed by atoms with Crippen LogP contribution in [-0.4, -0.2) is 24.8 Å². The van der Waals surface area contributed by atoms with E-state index in [4.69, 9.17) is 0 Å². The highest BCUT2D eigenvalue weighted by molar-refractivity contribution is 9.10. The summed E-state index contributed by atoms with van der Waals surface area (Å²) in [5.41, 5.74) is 3.14. The minimum Gasteiger partial charge on any atom is -0.377 e. The van der Waals surface area contributed by atoms with Gasteiger partial charge >= 0.3 is 0 Å². The minimum atomic E-state index is -0.133. The summed E-state index contributed by atoms with van der Waals surface area (Å²) in [5, 5.41) is 2.90. The summed E-state index contributed by atoms with van der Waals surface area (Å²) < 4.78 is 0. The molecule has 1 aromatic rings. The number of alkyl halides is 1. The van der Waals surface area contributed by atoms with Crippen LogP contribution in [0, 0.1) is 6.92 Å². The molecule has 4 heteroatoms. The molecule has 0 aromatic heterocycles. The molecule has 0 bridgehead atoms. The van der Waals surface area contributed by atoms with Gasteiger partial charge in [-0.25, -0.2) is 0 Å². The van der Waals surface area contributed by atoms with E-state index < -0.39 is 0 Å². The fourth-order valence-corrected chi connectivity index (χ4v) is 1.69. The van der Waals surface area contributed by atoms with Gasteiger partial charge in [0.2, 0.25) is 5.91 Å². The summed E-state index contributed by atoms with van der Waals surface area (Å²) in [6, 6.07) is 5.93. The summed E-state index contributed by atoms with van der Waals surface area (Å²) in [4.78, 5) is 13.6. The second-order valence-electron chi connectivity index (χ2n) is 4.26. The Kier molecular flexibility index (Phi) is 5.00. The van der Waals surface area contributed by atoms with Crippen LogP contribution in [0.1, 0.15) is 18.9 Å². The number of halogens is 1. The van der Waals surface area contributed by atoms with Crippen LogP contribution in [0.15, 0.2) is 18.2 Å². The van der Waals surface area contributed by atoms with E-state index in [1.807, 2.05) is 44.1 Å². The average Bonchev–Trinajstić information content (AvgIpc) is 2.30. The lowest BCUT2D eigenvalue weighted by Crippen LogP contribution is -2.22. The van der Waals surface area contributed by atoms with Crippen molar-refractivity contribution in [1.29, 1.82) is 0 Å². The highest BCUT2D eigenvalue weighted by Crippen LogP contribution is 2.23. The first-order chi connectivity index (χ1) is 7.95. The minimum absolute atomic E-state index is 0.000981. The topological polar surface area (TPSA) is 32.3 Å². The fraction of sp³-hybridized carbons (Fsp3) is 0.462. The standard InChI is InChI=1S/C13H19BrN2O/c1-5-11(14)13(17)15-10-7-6-9(2)12(8-10)16(3)4/h6-8,11H,5H2,1-4H3,(H,15,17). The van der Waals surface area contributed by atoms with Crippen molar-refractivity contribution >= 4 is 33.2 Å². The number of anilines is 2. The van der Waals surface area contributed by atoms with Gasteiger partial charge in [0.05, 0.1) is 4.83 Å². The Morgan fingerprint density at radius 2 is 2.12 bits per heavy atom. The van der Waals surface area contributed by atoms with E-state index >= 15 is 0 Å². The Morgan fingerprint density at radius 3 is 2.65 bits per heavy atom. The number of nitrogens with one attached hydrogen (secondary N) is 1. The number of benzene rings is 1. The molecule has 1 N–H and O–H groups in total. The maximum atomic E-state index is 11.7. The van der Waals surface area contributed by atoms with Crippen molar-refractivity contribution in [2.24, 2.45) is 0 Å². The molecule has 0 radical (unpaired) electrons. The molecule has 1 unspecified atom stereocenters. The van der Waals surface area contributed by atoms with Crippen LogP contribution in [-0.2, 0) is 4.79 Å². The lowest BCUT2D eigenvalue weighted by Gasteiger charge is -2.17. The number of aryl methyl sites for hydroxylation is 1. The van der Waals surface area contributed by atoms with Gasteiger partial charge in [0.15, 0.2) is 0 Å². The van der Waals surface area contributed by atoms with Gasteiger partial charge in [0.25, 0.3) is 0 Å². The molecule has 0 heterocycles. The van der Waals surface area contributed by atoms with Gasteiger partial charge in [-0.1, -0.05) is 28.9 Å². The average molecular weight is 299 g/mol. The zero-order valence-electron chi connectivity index (χ0n) is 10.7. The monoisotopic (exact) mass is 298 g/mol. The predicted octanol–water partition coefficient (Wildman–Crippen LogP) is 3.17. The number of hydrogen-bond acceptors (Lipinski definition) is 2. The summed E-state index contributed by atoms with van der Waals surface area (Å²) in [6.07, 6.45) is 0.776. The highest BCUT2D eigenvalue weighted by atomic mass is 79.9. The highest BCUT2D eigenvalue weighted by Gasteiger charge is 2.12. The van der Waals surface area contributed by atoms with Crippen molar-refractivity contribution in [2.75, 3.05) is 24.3 Å². The first-order valence-electron chi connectivity index (χ1n) is 5.68. The van der Waals surface area contributed by atoms with Gasteiger partial charge in [-0.3, -0.25) is 4.79 Å². The molecule has 0 saturated carbocycles. The number of hydrogen-bond donors (Lipinski definition) is 1. The van der Waals surface area contributed by atoms with Gasteiger partial charge in [0, 0.05) is 25.5 Å². The maximum absolute atomic E-state index is 11.7. The van der Waals surface area contributed by atoms with Gasteiger partial charge in [-0.2, -0.15) is 0 Å². The Bertz CT molecular complexity index is 404. The van der Waals surface area contributed by atoms with Crippen LogP contribution < -0.4 is 10.2 Å². The SMILES string of the molecule is CCC(Br)C(=O)Nc1ccc(C)c(N(C)C)c1. The Labute approximate surface area is 111 Å². The van der Waals surface area contributed by atoms with Crippen LogP contribution in [0.2, 0.25) is 0 Å². The molecule has 94 valence electrons. The number of amides is 1. The summed E-state index contributed by atoms with van der Waals surface area (Å²) in [7, 11) is 3.99. The normalized spacial score (nSPS) is 12.1. The molecular formula is C13H19BrN2O. The number of rotatable bonds is 4. The van der Waals surface area contributed by atoms with Gasteiger partial charge in [-0.15, -0.1) is 0 Å². The largest absolute Gasteiger partial charge is 0.377 e. The molecule has 0 saturated heterocycles. The summed E-state index contributed by atoms with van der Waals surface area (Å²) in [5.74, 6) is 0.000981. The van der Waals surface area contributed by atoms with Crippen LogP contribution in [0.5, 0.6) is 0 Å². The molecule has 1 amide bonds. The molecule has 0 fully saturated rings. The van der Waals surface area contributed by atoms with E-state index in [9.17, 15) is 4.79 Å². The zero-order chi connectivity index (χ0) is 13.0. The van der Waals surface area contributed by atoms with Crippen molar-refractivity contribution in [3.05, 3.63) is 23.8 Å². The molecule has 1 atom stereocenters. The third kappa shape index (κ3) is 3.73. The van der Waals surface area contributed by atoms with Crippen LogP contribution in [0.25, 0.3) is 0 Å². The fourth-order valence-electron chi connectivity index (χ4n) is 1.57. The molecule has 3 nitrogen and oxygen atoms in total. The third-order valence-electron chi connectivity index (χ3n) is 2.60. The van der Waals surface area contributed by atoms with Crippen molar-refractivity contribution in [3.63, 3.8) is 0 Å². The number of carbonyl (C=O) groups is 1.